The van der Waals surface area contributed by atoms with E-state index in [1.54, 1.807) is 66.7 Å². The molecule has 2 aliphatic heterocycles. The summed E-state index contributed by atoms with van der Waals surface area (Å²) in [5.41, 5.74) is 8.07. The SMILES string of the molecule is C.CN.CN1CCN(CC(=O)Nc2ccc3c(c2)c(=O)oc2cc(O)ccc23)CC1.CN1CCN(CC(=O)Nc2ccc3c(c2)c(=O)oc2cc(OCc4ccccc4)ccc23)CC1.O=C(CCl)Nc1ccc2c(c1)c(=O)oc1cc(OCc3ccccc3)ccc12. The van der Waals surface area contributed by atoms with Gasteiger partial charge in [0.25, 0.3) is 0 Å². The topological polar surface area (TPSA) is 256 Å². The van der Waals surface area contributed by atoms with Gasteiger partial charge in [-0.25, -0.2) is 14.4 Å². The summed E-state index contributed by atoms with van der Waals surface area (Å²) in [7, 11) is 5.66. The van der Waals surface area contributed by atoms with Crippen LogP contribution in [0.4, 0.5) is 17.1 Å². The number of fused-ring (bicyclic) bond motifs is 9. The van der Waals surface area contributed by atoms with Gasteiger partial charge in [-0.1, -0.05) is 86.3 Å². The summed E-state index contributed by atoms with van der Waals surface area (Å²) in [4.78, 5) is 82.5. The van der Waals surface area contributed by atoms with Gasteiger partial charge in [0.05, 0.1) is 29.2 Å². The number of phenols is 1. The van der Waals surface area contributed by atoms with Gasteiger partial charge in [-0.3, -0.25) is 24.2 Å². The van der Waals surface area contributed by atoms with E-state index in [1.807, 2.05) is 97.1 Å². The van der Waals surface area contributed by atoms with Crippen LogP contribution in [-0.2, 0) is 27.6 Å². The number of aromatic hydroxyl groups is 1. The molecule has 0 radical (unpaired) electrons. The number of alkyl halides is 1. The van der Waals surface area contributed by atoms with Crippen molar-refractivity contribution in [3.63, 3.8) is 0 Å². The first-order valence-corrected chi connectivity index (χ1v) is 30.1. The van der Waals surface area contributed by atoms with Crippen molar-refractivity contribution in [2.45, 2.75) is 20.6 Å². The van der Waals surface area contributed by atoms with Crippen LogP contribution in [0.1, 0.15) is 18.6 Å². The molecule has 0 saturated carbocycles. The summed E-state index contributed by atoms with van der Waals surface area (Å²) in [5.74, 6) is 0.597. The number of carbonyl (C=O) groups excluding carboxylic acids is 3. The molecule has 3 aromatic heterocycles. The number of phenolic OH excluding ortho intramolecular Hbond substituents is 1. The quantitative estimate of drug-likeness (QED) is 0.0385. The number of nitrogens with zero attached hydrogens (tertiary/aromatic N) is 4. The minimum Gasteiger partial charge on any atom is -0.508 e. The van der Waals surface area contributed by atoms with Gasteiger partial charge in [-0.05, 0) is 105 Å². The van der Waals surface area contributed by atoms with Crippen LogP contribution in [0, 0.1) is 0 Å². The Kier molecular flexibility index (Phi) is 22.5. The Morgan fingerprint density at radius 2 is 0.783 bits per heavy atom. The number of benzene rings is 8. The van der Waals surface area contributed by atoms with Crippen molar-refractivity contribution in [2.24, 2.45) is 5.73 Å². The molecule has 20 nitrogen and oxygen atoms in total. The molecule has 2 aliphatic rings. The summed E-state index contributed by atoms with van der Waals surface area (Å²) in [5, 5.41) is 23.8. The second-order valence-corrected chi connectivity index (χ2v) is 22.2. The van der Waals surface area contributed by atoms with E-state index in [-0.39, 0.29) is 36.8 Å². The molecule has 21 heteroatoms. The molecular formula is C71H73ClN8O12. The predicted octanol–water partition coefficient (Wildman–Crippen LogP) is 10.5. The molecule has 2 fully saturated rings. The van der Waals surface area contributed by atoms with Gasteiger partial charge in [0.2, 0.25) is 17.7 Å². The Hall–Kier alpha value is -9.93. The minimum absolute atomic E-state index is 0. The lowest BCUT2D eigenvalue weighted by molar-refractivity contribution is -0.118. The van der Waals surface area contributed by atoms with Crippen molar-refractivity contribution in [3.8, 4) is 17.2 Å². The minimum atomic E-state index is -0.502. The number of ether oxygens (including phenoxy) is 2. The summed E-state index contributed by atoms with van der Waals surface area (Å²) in [6.07, 6.45) is 0. The van der Waals surface area contributed by atoms with Gasteiger partial charge < -0.3 is 59.3 Å². The number of hydrogen-bond acceptors (Lipinski definition) is 17. The second-order valence-electron chi connectivity index (χ2n) is 21.9. The Bertz CT molecular complexity index is 4590. The number of anilines is 3. The molecule has 8 aromatic carbocycles. The van der Waals surface area contributed by atoms with Crippen molar-refractivity contribution in [1.29, 1.82) is 0 Å². The highest BCUT2D eigenvalue weighted by Gasteiger charge is 2.20. The molecule has 476 valence electrons. The third-order valence-electron chi connectivity index (χ3n) is 15.5. The number of nitrogens with two attached hydrogens (primary N) is 1. The van der Waals surface area contributed by atoms with E-state index in [4.69, 9.17) is 34.3 Å². The number of nitrogens with one attached hydrogen (secondary N) is 3. The molecule has 0 spiro atoms. The molecular weight excluding hydrogens is 1190 g/mol. The van der Waals surface area contributed by atoms with Crippen molar-refractivity contribution in [3.05, 3.63) is 212 Å². The highest BCUT2D eigenvalue weighted by molar-refractivity contribution is 6.29. The van der Waals surface area contributed by atoms with E-state index in [1.165, 1.54) is 13.1 Å². The number of hydrogen-bond donors (Lipinski definition) is 5. The molecule has 92 heavy (non-hydrogen) atoms. The van der Waals surface area contributed by atoms with Crippen molar-refractivity contribution in [2.75, 3.05) is 108 Å². The molecule has 0 atom stereocenters. The van der Waals surface area contributed by atoms with Crippen LogP contribution in [0.3, 0.4) is 0 Å². The van der Waals surface area contributed by atoms with Crippen LogP contribution in [0.25, 0.3) is 65.2 Å². The van der Waals surface area contributed by atoms with E-state index in [2.05, 4.69) is 55.4 Å². The third kappa shape index (κ3) is 16.9. The lowest BCUT2D eigenvalue weighted by Gasteiger charge is -2.31. The van der Waals surface area contributed by atoms with Crippen molar-refractivity contribution < 1.29 is 42.2 Å². The Balaban J connectivity index is 0.000000161. The van der Waals surface area contributed by atoms with Crippen LogP contribution in [0.5, 0.6) is 17.2 Å². The van der Waals surface area contributed by atoms with Crippen molar-refractivity contribution in [1.82, 2.24) is 19.6 Å². The summed E-state index contributed by atoms with van der Waals surface area (Å²) < 4.78 is 28.1. The maximum atomic E-state index is 12.7. The smallest absolute Gasteiger partial charge is 0.344 e. The Morgan fingerprint density at radius 3 is 1.15 bits per heavy atom. The number of rotatable bonds is 14. The molecule has 5 heterocycles. The van der Waals surface area contributed by atoms with Crippen LogP contribution in [0.15, 0.2) is 197 Å². The number of likely N-dealkylation sites (N-methyl/N-ethyl adjacent to an activating group) is 2. The van der Waals surface area contributed by atoms with Gasteiger partial charge in [-0.15, -0.1) is 11.6 Å². The fourth-order valence-corrected chi connectivity index (χ4v) is 10.7. The monoisotopic (exact) mass is 1260 g/mol. The standard InChI is InChI=1S/C27H27N3O4.C22H16ClNO4.C20H21N3O4.CH5N.CH4/c1-29-11-13-30(14-12-29)17-26(31)28-20-7-9-22-23-10-8-21(33-18-19-5-3-2-4-6-19)16-25(23)34-27(32)24(22)15-20;23-12-21(25)24-15-6-8-17-18-9-7-16(27-13-14-4-2-1-3-5-14)11-20(18)28-22(26)19(17)10-15;1-22-6-8-23(9-7-22)12-19(25)21-13-2-4-15-16-5-3-14(24)11-18(16)27-20(26)17(15)10-13;1-2;/h2-10,15-16H,11-14,17-18H2,1H3,(H,28,31);1-11H,12-13H2,(H,24,25);2-5,10-11,24H,6-9,12H2,1H3,(H,21,25);2H2,1H3;1H4. The highest BCUT2D eigenvalue weighted by atomic mass is 35.5. The molecule has 3 amide bonds. The van der Waals surface area contributed by atoms with Crippen molar-refractivity contribution >= 4 is 112 Å². The largest absolute Gasteiger partial charge is 0.508 e. The first-order valence-electron chi connectivity index (χ1n) is 29.6. The molecule has 6 N–H and O–H groups in total. The lowest BCUT2D eigenvalue weighted by Crippen LogP contribution is -2.47. The zero-order valence-electron chi connectivity index (χ0n) is 50.5. The Morgan fingerprint density at radius 1 is 0.446 bits per heavy atom. The summed E-state index contributed by atoms with van der Waals surface area (Å²) in [6, 6.07) is 51.0. The normalized spacial score (nSPS) is 13.6. The van der Waals surface area contributed by atoms with Crippen LogP contribution < -0.4 is 48.0 Å². The van der Waals surface area contributed by atoms with E-state index in [0.717, 1.165) is 95.8 Å². The highest BCUT2D eigenvalue weighted by Crippen LogP contribution is 2.32. The average molecular weight is 1270 g/mol. The zero-order chi connectivity index (χ0) is 64.0. The van der Waals surface area contributed by atoms with Crippen LogP contribution >= 0.6 is 11.6 Å². The van der Waals surface area contributed by atoms with Gasteiger partial charge in [0.15, 0.2) is 0 Å². The molecule has 13 rings (SSSR count). The maximum absolute atomic E-state index is 12.7. The van der Waals surface area contributed by atoms with Crippen LogP contribution in [-0.4, -0.2) is 135 Å². The summed E-state index contributed by atoms with van der Waals surface area (Å²) >= 11 is 5.50. The van der Waals surface area contributed by atoms with E-state index in [0.29, 0.717) is 87.8 Å². The Labute approximate surface area is 535 Å². The molecule has 0 aliphatic carbocycles. The second kappa shape index (κ2) is 31.2. The van der Waals surface area contributed by atoms with E-state index < -0.39 is 16.9 Å². The first-order chi connectivity index (χ1) is 44.2. The fourth-order valence-electron chi connectivity index (χ4n) is 10.7. The summed E-state index contributed by atoms with van der Waals surface area (Å²) in [6.45, 7) is 8.81. The average Bonchev–Trinajstić information content (AvgIpc) is 0.794. The van der Waals surface area contributed by atoms with Gasteiger partial charge >= 0.3 is 16.9 Å². The number of piperazine rings is 2. The zero-order valence-corrected chi connectivity index (χ0v) is 51.3. The lowest BCUT2D eigenvalue weighted by atomic mass is 10.1. The first kappa shape index (κ1) is 66.5. The van der Waals surface area contributed by atoms with E-state index in [9.17, 15) is 33.9 Å². The van der Waals surface area contributed by atoms with E-state index >= 15 is 0 Å². The van der Waals surface area contributed by atoms with Crippen LogP contribution in [0.2, 0.25) is 0 Å². The third-order valence-corrected chi connectivity index (χ3v) is 15.7. The van der Waals surface area contributed by atoms with Gasteiger partial charge in [0.1, 0.15) is 53.1 Å². The molecule has 2 saturated heterocycles. The molecule has 0 bridgehead atoms. The number of halogens is 1. The van der Waals surface area contributed by atoms with Gasteiger partial charge in [-0.2, -0.15) is 0 Å². The number of carbonyl (C=O) groups is 3. The molecule has 11 aromatic rings. The molecule has 0 unspecified atom stereocenters. The predicted molar refractivity (Wildman–Crippen MR) is 365 cm³/mol. The maximum Gasteiger partial charge on any atom is 0.344 e. The van der Waals surface area contributed by atoms with Gasteiger partial charge in [0, 0.05) is 120 Å². The fraction of sp³-hybridized carbons (Fsp3) is 0.239. The number of amides is 3.